The van der Waals surface area contributed by atoms with E-state index in [1.807, 2.05) is 19.1 Å². The number of aryl methyl sites for hydroxylation is 1. The average molecular weight is 204 g/mol. The molecule has 0 aromatic carbocycles. The molecular formula is C9H8N4S. The first-order chi connectivity index (χ1) is 6.79. The maximum atomic E-state index is 4.11. The van der Waals surface area contributed by atoms with Gasteiger partial charge in [-0.1, -0.05) is 5.92 Å². The highest BCUT2D eigenvalue weighted by atomic mass is 32.1. The number of nitrogens with zero attached hydrogens (tertiary/aromatic N) is 4. The molecule has 2 aromatic heterocycles. The molecule has 2 rings (SSSR count). The summed E-state index contributed by atoms with van der Waals surface area (Å²) in [6, 6.07) is 3.92. The normalized spacial score (nSPS) is 9.57. The number of thiophene rings is 1. The molecule has 0 saturated carbocycles. The Hall–Kier alpha value is -1.67. The van der Waals surface area contributed by atoms with Gasteiger partial charge in [-0.3, -0.25) is 0 Å². The number of hydrogen-bond donors (Lipinski definition) is 0. The zero-order valence-corrected chi connectivity index (χ0v) is 8.67. The topological polar surface area (TPSA) is 43.6 Å². The molecule has 0 atom stereocenters. The molecular weight excluding hydrogens is 196 g/mol. The number of rotatable bonds is 1. The molecule has 0 unspecified atom stereocenters. The molecule has 70 valence electrons. The molecule has 2 aromatic rings. The van der Waals surface area contributed by atoms with Crippen molar-refractivity contribution in [2.24, 2.45) is 7.05 Å². The van der Waals surface area contributed by atoms with Crippen LogP contribution in [0.25, 0.3) is 10.7 Å². The summed E-state index contributed by atoms with van der Waals surface area (Å²) in [6.07, 6.45) is 0. The van der Waals surface area contributed by atoms with Crippen molar-refractivity contribution < 1.29 is 0 Å². The van der Waals surface area contributed by atoms with Crippen LogP contribution >= 0.6 is 11.3 Å². The predicted molar refractivity (Wildman–Crippen MR) is 54.7 cm³/mol. The summed E-state index contributed by atoms with van der Waals surface area (Å²) >= 11 is 1.57. The summed E-state index contributed by atoms with van der Waals surface area (Å²) in [6.45, 7) is 1.82. The van der Waals surface area contributed by atoms with Gasteiger partial charge in [0, 0.05) is 0 Å². The highest BCUT2D eigenvalue weighted by molar-refractivity contribution is 7.15. The fourth-order valence-corrected chi connectivity index (χ4v) is 1.87. The number of hydrogen-bond acceptors (Lipinski definition) is 4. The second kappa shape index (κ2) is 3.60. The highest BCUT2D eigenvalue weighted by Gasteiger charge is 2.06. The smallest absolute Gasteiger partial charge is 0.167 e. The molecule has 5 heteroatoms. The van der Waals surface area contributed by atoms with Gasteiger partial charge in [-0.15, -0.1) is 27.5 Å². The van der Waals surface area contributed by atoms with E-state index in [0.29, 0.717) is 5.82 Å². The Labute approximate surface area is 85.6 Å². The first kappa shape index (κ1) is 8.91. The van der Waals surface area contributed by atoms with Crippen LogP contribution in [-0.4, -0.2) is 20.2 Å². The molecule has 0 N–H and O–H groups in total. The standard InChI is InChI=1S/C9H8N4S/c1-3-4-7-5-6-8(14-7)9-10-12-13(2)11-9/h5-6H,1-2H3. The maximum Gasteiger partial charge on any atom is 0.214 e. The van der Waals surface area contributed by atoms with Crippen molar-refractivity contribution in [2.75, 3.05) is 0 Å². The fraction of sp³-hybridized carbons (Fsp3) is 0.222. The van der Waals surface area contributed by atoms with E-state index in [1.54, 1.807) is 18.4 Å². The van der Waals surface area contributed by atoms with Crippen LogP contribution < -0.4 is 0 Å². The van der Waals surface area contributed by atoms with Gasteiger partial charge in [0.1, 0.15) is 0 Å². The van der Waals surface area contributed by atoms with E-state index in [0.717, 1.165) is 9.75 Å². The Bertz CT molecular complexity index is 500. The first-order valence-corrected chi connectivity index (χ1v) is 4.88. The van der Waals surface area contributed by atoms with E-state index in [2.05, 4.69) is 27.3 Å². The summed E-state index contributed by atoms with van der Waals surface area (Å²) in [4.78, 5) is 3.46. The Morgan fingerprint density at radius 3 is 2.93 bits per heavy atom. The molecule has 0 aliphatic heterocycles. The zero-order valence-electron chi connectivity index (χ0n) is 7.85. The van der Waals surface area contributed by atoms with Gasteiger partial charge in [0.2, 0.25) is 5.82 Å². The van der Waals surface area contributed by atoms with Crippen LogP contribution in [-0.2, 0) is 7.05 Å². The van der Waals surface area contributed by atoms with Crippen LogP contribution in [0.4, 0.5) is 0 Å². The average Bonchev–Trinajstić information content (AvgIpc) is 2.74. The summed E-state index contributed by atoms with van der Waals surface area (Å²) < 4.78 is 0. The van der Waals surface area contributed by atoms with E-state index >= 15 is 0 Å². The van der Waals surface area contributed by atoms with Crippen molar-refractivity contribution in [1.29, 1.82) is 0 Å². The molecule has 0 amide bonds. The Kier molecular flexibility index (Phi) is 2.29. The molecule has 0 bridgehead atoms. The third-order valence-corrected chi connectivity index (χ3v) is 2.58. The van der Waals surface area contributed by atoms with Crippen molar-refractivity contribution in [2.45, 2.75) is 6.92 Å². The minimum absolute atomic E-state index is 0.654. The predicted octanol–water partition coefficient (Wildman–Crippen LogP) is 1.31. The SMILES string of the molecule is CC#Cc1ccc(-c2nnn(C)n2)s1. The van der Waals surface area contributed by atoms with Crippen LogP contribution in [0.1, 0.15) is 11.8 Å². The van der Waals surface area contributed by atoms with Crippen LogP contribution in [0.5, 0.6) is 0 Å². The largest absolute Gasteiger partial charge is 0.214 e. The quantitative estimate of drug-likeness (QED) is 0.658. The maximum absolute atomic E-state index is 4.11. The lowest BCUT2D eigenvalue weighted by molar-refractivity contribution is 0.630. The van der Waals surface area contributed by atoms with Crippen molar-refractivity contribution in [3.05, 3.63) is 17.0 Å². The van der Waals surface area contributed by atoms with Gasteiger partial charge < -0.3 is 0 Å². The lowest BCUT2D eigenvalue weighted by Gasteiger charge is -1.83. The molecule has 14 heavy (non-hydrogen) atoms. The third-order valence-electron chi connectivity index (χ3n) is 1.58. The monoisotopic (exact) mass is 204 g/mol. The highest BCUT2D eigenvalue weighted by Crippen LogP contribution is 2.23. The van der Waals surface area contributed by atoms with Gasteiger partial charge in [0.25, 0.3) is 0 Å². The number of tetrazole rings is 1. The van der Waals surface area contributed by atoms with Crippen LogP contribution in [0.15, 0.2) is 12.1 Å². The summed E-state index contributed by atoms with van der Waals surface area (Å²) in [5, 5.41) is 11.8. The van der Waals surface area contributed by atoms with Gasteiger partial charge in [-0.2, -0.15) is 4.80 Å². The lowest BCUT2D eigenvalue weighted by Crippen LogP contribution is -1.91. The summed E-state index contributed by atoms with van der Waals surface area (Å²) in [7, 11) is 1.75. The van der Waals surface area contributed by atoms with Gasteiger partial charge in [0.15, 0.2) is 0 Å². The Morgan fingerprint density at radius 2 is 2.29 bits per heavy atom. The Morgan fingerprint density at radius 1 is 1.43 bits per heavy atom. The van der Waals surface area contributed by atoms with E-state index in [9.17, 15) is 0 Å². The van der Waals surface area contributed by atoms with E-state index in [4.69, 9.17) is 0 Å². The molecule has 0 radical (unpaired) electrons. The molecule has 4 nitrogen and oxygen atoms in total. The minimum atomic E-state index is 0.654. The second-order valence-corrected chi connectivity index (χ2v) is 3.73. The van der Waals surface area contributed by atoms with Crippen molar-refractivity contribution in [3.8, 4) is 22.5 Å². The Balaban J connectivity index is 2.36. The minimum Gasteiger partial charge on any atom is -0.167 e. The third kappa shape index (κ3) is 1.65. The fourth-order valence-electron chi connectivity index (χ4n) is 1.03. The molecule has 0 saturated heterocycles. The zero-order chi connectivity index (χ0) is 9.97. The molecule has 0 spiro atoms. The van der Waals surface area contributed by atoms with Crippen molar-refractivity contribution >= 4 is 11.3 Å². The van der Waals surface area contributed by atoms with Gasteiger partial charge >= 0.3 is 0 Å². The molecule has 0 aliphatic rings. The van der Waals surface area contributed by atoms with Crippen LogP contribution in [0.3, 0.4) is 0 Å². The summed E-state index contributed by atoms with van der Waals surface area (Å²) in [5.74, 6) is 6.50. The van der Waals surface area contributed by atoms with Crippen LogP contribution in [0, 0.1) is 11.8 Å². The van der Waals surface area contributed by atoms with E-state index in [1.165, 1.54) is 4.80 Å². The van der Waals surface area contributed by atoms with Crippen molar-refractivity contribution in [1.82, 2.24) is 20.2 Å². The molecule has 0 aliphatic carbocycles. The summed E-state index contributed by atoms with van der Waals surface area (Å²) in [5.41, 5.74) is 0. The number of aromatic nitrogens is 4. The van der Waals surface area contributed by atoms with Crippen LogP contribution in [0.2, 0.25) is 0 Å². The molecule has 0 fully saturated rings. The van der Waals surface area contributed by atoms with E-state index in [-0.39, 0.29) is 0 Å². The van der Waals surface area contributed by atoms with Gasteiger partial charge in [-0.05, 0) is 24.3 Å². The second-order valence-electron chi connectivity index (χ2n) is 2.64. The molecule has 2 heterocycles. The van der Waals surface area contributed by atoms with E-state index < -0.39 is 0 Å². The van der Waals surface area contributed by atoms with Gasteiger partial charge in [0.05, 0.1) is 16.8 Å². The van der Waals surface area contributed by atoms with Crippen molar-refractivity contribution in [3.63, 3.8) is 0 Å². The van der Waals surface area contributed by atoms with Gasteiger partial charge in [-0.25, -0.2) is 0 Å². The lowest BCUT2D eigenvalue weighted by atomic mass is 10.4. The first-order valence-electron chi connectivity index (χ1n) is 4.06.